The van der Waals surface area contributed by atoms with E-state index in [2.05, 4.69) is 17.0 Å². The number of fused-ring (bicyclic) bond motifs is 1. The molecule has 1 aliphatic rings. The van der Waals surface area contributed by atoms with Crippen molar-refractivity contribution >= 4 is 22.9 Å². The summed E-state index contributed by atoms with van der Waals surface area (Å²) in [6, 6.07) is 9.41. The Hall–Kier alpha value is -4.08. The first-order valence-electron chi connectivity index (χ1n) is 13.3. The maximum atomic E-state index is 12.9. The summed E-state index contributed by atoms with van der Waals surface area (Å²) < 4.78 is 18.9. The molecule has 2 aromatic heterocycles. The zero-order valence-corrected chi connectivity index (χ0v) is 22.9. The van der Waals surface area contributed by atoms with Crippen molar-refractivity contribution in [3.05, 3.63) is 54.9 Å². The third kappa shape index (κ3) is 7.72. The molecule has 0 spiro atoms. The summed E-state index contributed by atoms with van der Waals surface area (Å²) in [4.78, 5) is 31.9. The molecule has 1 unspecified atom stereocenters. The molecule has 2 heterocycles. The van der Waals surface area contributed by atoms with Crippen LogP contribution < -0.4 is 14.8 Å². The van der Waals surface area contributed by atoms with E-state index in [9.17, 15) is 9.59 Å². The Balaban J connectivity index is 1.47. The molecule has 1 aliphatic carbocycles. The lowest BCUT2D eigenvalue weighted by molar-refractivity contribution is -0.130. The molecule has 0 bridgehead atoms. The van der Waals surface area contributed by atoms with Crippen LogP contribution >= 0.6 is 0 Å². The Morgan fingerprint density at radius 2 is 2.08 bits per heavy atom. The van der Waals surface area contributed by atoms with Gasteiger partial charge in [-0.15, -0.1) is 6.58 Å². The molecule has 1 saturated carbocycles. The number of nitrogens with one attached hydrogen (secondary N) is 1. The molecule has 1 aromatic carbocycles. The van der Waals surface area contributed by atoms with Crippen molar-refractivity contribution in [2.45, 2.75) is 57.6 Å². The first-order valence-corrected chi connectivity index (χ1v) is 13.3. The van der Waals surface area contributed by atoms with Crippen LogP contribution in [0.25, 0.3) is 16.7 Å². The molecule has 0 radical (unpaired) electrons. The van der Waals surface area contributed by atoms with Gasteiger partial charge in [0.05, 0.1) is 24.9 Å². The third-order valence-corrected chi connectivity index (χ3v) is 6.48. The zero-order valence-electron chi connectivity index (χ0n) is 22.9. The van der Waals surface area contributed by atoms with Crippen LogP contribution in [-0.4, -0.2) is 71.1 Å². The van der Waals surface area contributed by atoms with Crippen molar-refractivity contribution < 1.29 is 23.8 Å². The predicted molar refractivity (Wildman–Crippen MR) is 148 cm³/mol. The van der Waals surface area contributed by atoms with Gasteiger partial charge >= 0.3 is 6.09 Å². The topological polar surface area (TPSA) is 108 Å². The molecule has 0 aliphatic heterocycles. The number of aromatic nitrogens is 3. The van der Waals surface area contributed by atoms with Gasteiger partial charge in [0, 0.05) is 49.8 Å². The molecule has 0 saturated heterocycles. The zero-order chi connectivity index (χ0) is 27.8. The quantitative estimate of drug-likeness (QED) is 0.238. The highest BCUT2D eigenvalue weighted by Crippen LogP contribution is 2.30. The van der Waals surface area contributed by atoms with Crippen LogP contribution in [0.15, 0.2) is 49.2 Å². The van der Waals surface area contributed by atoms with E-state index in [-0.39, 0.29) is 25.0 Å². The molecule has 1 N–H and O–H groups in total. The molecule has 2 amide bonds. The number of carbonyl (C=O) groups is 2. The minimum atomic E-state index is -0.963. The van der Waals surface area contributed by atoms with Gasteiger partial charge < -0.3 is 24.4 Å². The van der Waals surface area contributed by atoms with Crippen molar-refractivity contribution in [1.29, 1.82) is 0 Å². The highest BCUT2D eigenvalue weighted by atomic mass is 16.6. The van der Waals surface area contributed by atoms with Crippen LogP contribution in [0.3, 0.4) is 0 Å². The van der Waals surface area contributed by atoms with Gasteiger partial charge in [-0.3, -0.25) is 4.79 Å². The molecule has 10 heteroatoms. The summed E-state index contributed by atoms with van der Waals surface area (Å²) in [7, 11) is 3.28. The van der Waals surface area contributed by atoms with Crippen LogP contribution in [-0.2, 0) is 9.53 Å². The highest BCUT2D eigenvalue weighted by Gasteiger charge is 2.30. The number of methoxy groups -OCH3 is 1. The maximum Gasteiger partial charge on any atom is 0.410 e. The summed E-state index contributed by atoms with van der Waals surface area (Å²) >= 11 is 0. The Kier molecular flexibility index (Phi) is 9.40. The van der Waals surface area contributed by atoms with Gasteiger partial charge in [-0.25, -0.2) is 14.5 Å². The summed E-state index contributed by atoms with van der Waals surface area (Å²) in [5, 5.41) is 8.20. The normalized spacial score (nSPS) is 13.5. The molecule has 3 aromatic rings. The van der Waals surface area contributed by atoms with Gasteiger partial charge in [0.1, 0.15) is 11.5 Å². The molecule has 39 heavy (non-hydrogen) atoms. The Morgan fingerprint density at radius 1 is 1.26 bits per heavy atom. The number of allylic oxidation sites excluding steroid dienone is 1. The van der Waals surface area contributed by atoms with E-state index in [1.54, 1.807) is 18.8 Å². The number of benzene rings is 1. The Bertz CT molecular complexity index is 1300. The Morgan fingerprint density at radius 3 is 2.77 bits per heavy atom. The van der Waals surface area contributed by atoms with Crippen molar-refractivity contribution in [3.8, 4) is 17.3 Å². The number of hydrogen-bond donors (Lipinski definition) is 1. The van der Waals surface area contributed by atoms with Crippen molar-refractivity contribution in [3.63, 3.8) is 0 Å². The Labute approximate surface area is 228 Å². The largest absolute Gasteiger partial charge is 0.497 e. The van der Waals surface area contributed by atoms with E-state index in [0.717, 1.165) is 43.2 Å². The van der Waals surface area contributed by atoms with Gasteiger partial charge in [0.15, 0.2) is 11.9 Å². The molecule has 4 rings (SSSR count). The van der Waals surface area contributed by atoms with Crippen LogP contribution in [0.1, 0.15) is 44.2 Å². The van der Waals surface area contributed by atoms with E-state index >= 15 is 0 Å². The number of ether oxygens (including phenoxy) is 3. The first-order chi connectivity index (χ1) is 18.9. The van der Waals surface area contributed by atoms with Gasteiger partial charge in [-0.2, -0.15) is 5.10 Å². The second kappa shape index (κ2) is 13.1. The van der Waals surface area contributed by atoms with E-state index in [4.69, 9.17) is 19.2 Å². The van der Waals surface area contributed by atoms with Gasteiger partial charge in [-0.1, -0.05) is 6.08 Å². The minimum Gasteiger partial charge on any atom is -0.497 e. The van der Waals surface area contributed by atoms with Crippen molar-refractivity contribution in [1.82, 2.24) is 25.0 Å². The summed E-state index contributed by atoms with van der Waals surface area (Å²) in [5.41, 5.74) is 1.55. The fraction of sp³-hybridized carbons (Fsp3) is 0.448. The number of rotatable bonds is 14. The summed E-state index contributed by atoms with van der Waals surface area (Å²) in [5.74, 6) is 1.54. The molecular weight excluding hydrogens is 498 g/mol. The molecule has 208 valence electrons. The van der Waals surface area contributed by atoms with Gasteiger partial charge in [0.25, 0.3) is 5.91 Å². The SMILES string of the molecule is C=CCCCCN(C)C(=O)OC(CCOc1cc(-n2ccc(C)n2)nc2cc(OC)ccc12)C(=O)NC1CC1. The maximum absolute atomic E-state index is 12.9. The van der Waals surface area contributed by atoms with Gasteiger partial charge in [-0.05, 0) is 57.2 Å². The first kappa shape index (κ1) is 27.9. The third-order valence-electron chi connectivity index (χ3n) is 6.48. The fourth-order valence-corrected chi connectivity index (χ4v) is 4.05. The molecule has 1 fully saturated rings. The summed E-state index contributed by atoms with van der Waals surface area (Å²) in [6.07, 6.45) is 6.94. The van der Waals surface area contributed by atoms with Crippen LogP contribution in [0, 0.1) is 6.92 Å². The van der Waals surface area contributed by atoms with Crippen molar-refractivity contribution in [2.75, 3.05) is 27.3 Å². The lowest BCUT2D eigenvalue weighted by atomic mass is 10.2. The predicted octanol–water partition coefficient (Wildman–Crippen LogP) is 4.58. The van der Waals surface area contributed by atoms with Crippen molar-refractivity contribution in [2.24, 2.45) is 0 Å². The number of aryl methyl sites for hydroxylation is 1. The second-order valence-electron chi connectivity index (χ2n) is 9.76. The number of unbranched alkanes of at least 4 members (excludes halogenated alkanes) is 2. The van der Waals surface area contributed by atoms with Crippen LogP contribution in [0.4, 0.5) is 4.79 Å². The smallest absolute Gasteiger partial charge is 0.410 e. The highest BCUT2D eigenvalue weighted by molar-refractivity contribution is 5.87. The van der Waals surface area contributed by atoms with Gasteiger partial charge in [0.2, 0.25) is 0 Å². The summed E-state index contributed by atoms with van der Waals surface area (Å²) in [6.45, 7) is 6.33. The lowest BCUT2D eigenvalue weighted by Crippen LogP contribution is -2.42. The van der Waals surface area contributed by atoms with E-state index in [0.29, 0.717) is 29.4 Å². The van der Waals surface area contributed by atoms with Crippen LogP contribution in [0.5, 0.6) is 11.5 Å². The fourth-order valence-electron chi connectivity index (χ4n) is 4.05. The number of hydrogen-bond acceptors (Lipinski definition) is 7. The lowest BCUT2D eigenvalue weighted by Gasteiger charge is -2.22. The standard InChI is InChI=1S/C29H37N5O5/c1-5-6-7-8-15-33(3)29(36)39-25(28(35)30-21-9-10-21)14-17-38-26-19-27(34-16-13-20(2)32-34)31-24-18-22(37-4)11-12-23(24)26/h5,11-13,16,18-19,21,25H,1,6-10,14-15,17H2,2-4H3,(H,30,35). The molecular formula is C29H37N5O5. The average molecular weight is 536 g/mol. The van der Waals surface area contributed by atoms with Crippen LogP contribution in [0.2, 0.25) is 0 Å². The molecule has 10 nitrogen and oxygen atoms in total. The molecule has 1 atom stereocenters. The second-order valence-corrected chi connectivity index (χ2v) is 9.76. The number of nitrogens with zero attached hydrogens (tertiary/aromatic N) is 4. The minimum absolute atomic E-state index is 0.149. The van der Waals surface area contributed by atoms with E-state index in [1.807, 2.05) is 49.5 Å². The van der Waals surface area contributed by atoms with E-state index in [1.165, 1.54) is 4.90 Å². The average Bonchev–Trinajstić information content (AvgIpc) is 3.65. The van der Waals surface area contributed by atoms with E-state index < -0.39 is 12.2 Å². The number of carbonyl (C=O) groups excluding carboxylic acids is 2. The monoisotopic (exact) mass is 535 g/mol. The number of amides is 2. The number of pyridine rings is 1.